The average molecular weight is 362 g/mol. The highest BCUT2D eigenvalue weighted by Gasteiger charge is 2.13. The number of thioether (sulfide) groups is 1. The Morgan fingerprint density at radius 1 is 1.32 bits per heavy atom. The molecule has 0 unspecified atom stereocenters. The van der Waals surface area contributed by atoms with Crippen molar-refractivity contribution >= 4 is 29.0 Å². The zero-order valence-corrected chi connectivity index (χ0v) is 15.4. The van der Waals surface area contributed by atoms with Crippen LogP contribution in [0.1, 0.15) is 31.2 Å². The molecule has 0 fully saturated rings. The van der Waals surface area contributed by atoms with Crippen molar-refractivity contribution in [1.29, 1.82) is 0 Å². The predicted molar refractivity (Wildman–Crippen MR) is 99.1 cm³/mol. The van der Waals surface area contributed by atoms with Crippen LogP contribution in [0, 0.1) is 24.0 Å². The Morgan fingerprint density at radius 2 is 2.00 bits per heavy atom. The highest BCUT2D eigenvalue weighted by molar-refractivity contribution is 7.99. The van der Waals surface area contributed by atoms with Crippen LogP contribution in [0.4, 0.5) is 11.4 Å². The summed E-state index contributed by atoms with van der Waals surface area (Å²) < 4.78 is 2.16. The highest BCUT2D eigenvalue weighted by atomic mass is 32.2. The van der Waals surface area contributed by atoms with Gasteiger partial charge in [-0.05, 0) is 32.4 Å². The Kier molecular flexibility index (Phi) is 6.58. The van der Waals surface area contributed by atoms with E-state index in [1.165, 1.54) is 36.0 Å². The summed E-state index contributed by atoms with van der Waals surface area (Å²) in [6, 6.07) is 5.79. The van der Waals surface area contributed by atoms with E-state index >= 15 is 0 Å². The Labute approximate surface area is 151 Å². The summed E-state index contributed by atoms with van der Waals surface area (Å²) in [7, 11) is 0. The van der Waals surface area contributed by atoms with Crippen molar-refractivity contribution in [3.05, 3.63) is 45.8 Å². The molecule has 0 radical (unpaired) electrons. The number of nitro groups is 1. The van der Waals surface area contributed by atoms with Crippen LogP contribution >= 0.6 is 11.8 Å². The van der Waals surface area contributed by atoms with Crippen LogP contribution < -0.4 is 5.32 Å². The minimum absolute atomic E-state index is 0.00345. The van der Waals surface area contributed by atoms with E-state index in [-0.39, 0.29) is 17.3 Å². The fourth-order valence-corrected chi connectivity index (χ4v) is 3.22. The van der Waals surface area contributed by atoms with Crippen LogP contribution in [0.5, 0.6) is 0 Å². The van der Waals surface area contributed by atoms with Crippen molar-refractivity contribution in [1.82, 2.24) is 9.55 Å². The summed E-state index contributed by atoms with van der Waals surface area (Å²) >= 11 is 1.40. The third-order valence-electron chi connectivity index (χ3n) is 3.85. The van der Waals surface area contributed by atoms with Gasteiger partial charge in [0.1, 0.15) is 0 Å². The smallest absolute Gasteiger partial charge is 0.269 e. The van der Waals surface area contributed by atoms with Crippen LogP contribution in [0.2, 0.25) is 0 Å². The molecule has 2 aromatic rings. The van der Waals surface area contributed by atoms with Crippen molar-refractivity contribution in [2.75, 3.05) is 11.1 Å². The molecular formula is C17H22N4O3S. The largest absolute Gasteiger partial charge is 0.325 e. The van der Waals surface area contributed by atoms with Gasteiger partial charge < -0.3 is 9.88 Å². The summed E-state index contributed by atoms with van der Waals surface area (Å²) in [5.74, 6) is 0.0677. The first-order chi connectivity index (χ1) is 11.9. The number of imidazole rings is 1. The summed E-state index contributed by atoms with van der Waals surface area (Å²) in [6.07, 6.45) is 2.17. The van der Waals surface area contributed by atoms with Gasteiger partial charge in [-0.1, -0.05) is 25.1 Å². The number of unbranched alkanes of at least 4 members (excludes halogenated alkanes) is 1. The molecule has 0 saturated carbocycles. The lowest BCUT2D eigenvalue weighted by atomic mass is 10.3. The second-order valence-corrected chi connectivity index (χ2v) is 6.65. The van der Waals surface area contributed by atoms with Gasteiger partial charge in [-0.3, -0.25) is 14.9 Å². The lowest BCUT2D eigenvalue weighted by Gasteiger charge is -2.09. The first-order valence-corrected chi connectivity index (χ1v) is 9.11. The maximum atomic E-state index is 12.1. The van der Waals surface area contributed by atoms with Gasteiger partial charge in [-0.2, -0.15) is 0 Å². The normalized spacial score (nSPS) is 10.7. The fraction of sp³-hybridized carbons (Fsp3) is 0.412. The Hall–Kier alpha value is -2.35. The number of carbonyl (C=O) groups excluding carboxylic acids is 1. The molecule has 25 heavy (non-hydrogen) atoms. The number of benzene rings is 1. The summed E-state index contributed by atoms with van der Waals surface area (Å²) in [5, 5.41) is 14.2. The van der Waals surface area contributed by atoms with Gasteiger partial charge in [0.05, 0.1) is 16.4 Å². The van der Waals surface area contributed by atoms with Crippen LogP contribution in [0.15, 0.2) is 29.4 Å². The maximum Gasteiger partial charge on any atom is 0.269 e. The molecule has 1 amide bonds. The molecule has 1 heterocycles. The number of non-ortho nitro benzene ring substituents is 1. The minimum Gasteiger partial charge on any atom is -0.325 e. The Bertz CT molecular complexity index is 756. The van der Waals surface area contributed by atoms with Gasteiger partial charge in [-0.25, -0.2) is 4.98 Å². The lowest BCUT2D eigenvalue weighted by molar-refractivity contribution is -0.384. The second-order valence-electron chi connectivity index (χ2n) is 5.71. The minimum atomic E-state index is -0.470. The van der Waals surface area contributed by atoms with Gasteiger partial charge >= 0.3 is 0 Å². The number of aryl methyl sites for hydroxylation is 1. The van der Waals surface area contributed by atoms with Crippen molar-refractivity contribution < 1.29 is 9.72 Å². The number of amides is 1. The second kappa shape index (κ2) is 8.66. The van der Waals surface area contributed by atoms with E-state index in [0.717, 1.165) is 35.9 Å². The SMILES string of the molecule is CCCCn1c(SCC(=O)Nc2ccc([N+](=O)[O-])cc2)nc(C)c1C. The van der Waals surface area contributed by atoms with Gasteiger partial charge in [0.15, 0.2) is 5.16 Å². The number of nitrogens with one attached hydrogen (secondary N) is 1. The number of anilines is 1. The molecule has 0 aliphatic carbocycles. The first kappa shape index (κ1) is 19.0. The fourth-order valence-electron chi connectivity index (χ4n) is 2.31. The third-order valence-corrected chi connectivity index (χ3v) is 4.83. The zero-order valence-electron chi connectivity index (χ0n) is 14.6. The standard InChI is InChI=1S/C17H22N4O3S/c1-4-5-10-20-13(3)12(2)18-17(20)25-11-16(22)19-14-6-8-15(9-7-14)21(23)24/h6-9H,4-5,10-11H2,1-3H3,(H,19,22). The van der Waals surface area contributed by atoms with E-state index in [0.29, 0.717) is 5.69 Å². The molecule has 7 nitrogen and oxygen atoms in total. The first-order valence-electron chi connectivity index (χ1n) is 8.13. The van der Waals surface area contributed by atoms with Crippen molar-refractivity contribution in [3.63, 3.8) is 0 Å². The van der Waals surface area contributed by atoms with E-state index < -0.39 is 4.92 Å². The van der Waals surface area contributed by atoms with E-state index in [1.807, 2.05) is 13.8 Å². The van der Waals surface area contributed by atoms with Crippen molar-refractivity contribution in [2.45, 2.75) is 45.3 Å². The molecule has 0 aliphatic heterocycles. The van der Waals surface area contributed by atoms with Crippen LogP contribution in [0.3, 0.4) is 0 Å². The van der Waals surface area contributed by atoms with Gasteiger partial charge in [0.25, 0.3) is 5.69 Å². The molecule has 0 aliphatic rings. The number of nitro benzene ring substituents is 1. The predicted octanol–water partition coefficient (Wildman–Crippen LogP) is 3.94. The van der Waals surface area contributed by atoms with Crippen LogP contribution in [-0.4, -0.2) is 26.1 Å². The Morgan fingerprint density at radius 3 is 2.60 bits per heavy atom. The molecular weight excluding hydrogens is 340 g/mol. The molecule has 8 heteroatoms. The molecule has 134 valence electrons. The van der Waals surface area contributed by atoms with E-state index in [1.54, 1.807) is 0 Å². The molecule has 1 aromatic carbocycles. The van der Waals surface area contributed by atoms with Crippen LogP contribution in [-0.2, 0) is 11.3 Å². The number of aromatic nitrogens is 2. The van der Waals surface area contributed by atoms with Gasteiger partial charge in [0, 0.05) is 30.1 Å². The molecule has 0 atom stereocenters. The van der Waals surface area contributed by atoms with Crippen LogP contribution in [0.25, 0.3) is 0 Å². The quantitative estimate of drug-likeness (QED) is 0.436. The van der Waals surface area contributed by atoms with E-state index in [2.05, 4.69) is 21.8 Å². The highest BCUT2D eigenvalue weighted by Crippen LogP contribution is 2.22. The average Bonchev–Trinajstić information content (AvgIpc) is 2.85. The molecule has 0 bridgehead atoms. The third kappa shape index (κ3) is 5.06. The van der Waals surface area contributed by atoms with E-state index in [9.17, 15) is 14.9 Å². The summed E-state index contributed by atoms with van der Waals surface area (Å²) in [5.41, 5.74) is 2.65. The molecule has 1 aromatic heterocycles. The zero-order chi connectivity index (χ0) is 18.4. The van der Waals surface area contributed by atoms with Gasteiger partial charge in [0.2, 0.25) is 5.91 Å². The summed E-state index contributed by atoms with van der Waals surface area (Å²) in [6.45, 7) is 7.05. The van der Waals surface area contributed by atoms with Crippen molar-refractivity contribution in [2.24, 2.45) is 0 Å². The van der Waals surface area contributed by atoms with E-state index in [4.69, 9.17) is 0 Å². The Balaban J connectivity index is 1.95. The molecule has 2 rings (SSSR count). The lowest BCUT2D eigenvalue weighted by Crippen LogP contribution is -2.14. The number of carbonyl (C=O) groups is 1. The molecule has 1 N–H and O–H groups in total. The van der Waals surface area contributed by atoms with Crippen molar-refractivity contribution in [3.8, 4) is 0 Å². The maximum absolute atomic E-state index is 12.1. The number of hydrogen-bond donors (Lipinski definition) is 1. The number of rotatable bonds is 8. The number of nitrogens with zero attached hydrogens (tertiary/aromatic N) is 3. The molecule has 0 saturated heterocycles. The monoisotopic (exact) mass is 362 g/mol. The van der Waals surface area contributed by atoms with Gasteiger partial charge in [-0.15, -0.1) is 0 Å². The molecule has 0 spiro atoms. The topological polar surface area (TPSA) is 90.1 Å². The number of hydrogen-bond acceptors (Lipinski definition) is 5. The summed E-state index contributed by atoms with van der Waals surface area (Å²) in [4.78, 5) is 26.8.